The van der Waals surface area contributed by atoms with Gasteiger partial charge >= 0.3 is 6.18 Å². The summed E-state index contributed by atoms with van der Waals surface area (Å²) in [4.78, 5) is 16.8. The number of halogens is 3. The Morgan fingerprint density at radius 2 is 2.10 bits per heavy atom. The molecule has 1 aromatic rings. The van der Waals surface area contributed by atoms with Gasteiger partial charge < -0.3 is 16.0 Å². The Hall–Kier alpha value is -1.83. The number of carbonyl (C=O) groups excluding carboxylic acids is 1. The molecule has 1 aliphatic rings. The number of alkyl halides is 3. The van der Waals surface area contributed by atoms with E-state index < -0.39 is 17.8 Å². The molecule has 0 aliphatic carbocycles. The molecule has 8 heteroatoms. The highest BCUT2D eigenvalue weighted by atomic mass is 19.4. The van der Waals surface area contributed by atoms with Crippen LogP contribution in [0.1, 0.15) is 29.9 Å². The van der Waals surface area contributed by atoms with Crippen LogP contribution in [-0.4, -0.2) is 36.1 Å². The van der Waals surface area contributed by atoms with Gasteiger partial charge in [0.05, 0.1) is 5.56 Å². The van der Waals surface area contributed by atoms with E-state index in [1.165, 1.54) is 0 Å². The van der Waals surface area contributed by atoms with E-state index in [9.17, 15) is 18.0 Å². The van der Waals surface area contributed by atoms with Gasteiger partial charge in [-0.25, -0.2) is 4.98 Å². The van der Waals surface area contributed by atoms with Crippen LogP contribution >= 0.6 is 0 Å². The van der Waals surface area contributed by atoms with Crippen LogP contribution in [-0.2, 0) is 6.18 Å². The predicted molar refractivity (Wildman–Crippen MR) is 72.0 cm³/mol. The Morgan fingerprint density at radius 3 is 2.67 bits per heavy atom. The SMILES string of the molecule is CC1CN(c2nc(C(F)(F)F)ccc2C(N)=O)C(C)CN1. The number of hydrogen-bond acceptors (Lipinski definition) is 4. The van der Waals surface area contributed by atoms with Crippen molar-refractivity contribution in [3.05, 3.63) is 23.4 Å². The lowest BCUT2D eigenvalue weighted by atomic mass is 10.1. The van der Waals surface area contributed by atoms with E-state index in [1.807, 2.05) is 13.8 Å². The monoisotopic (exact) mass is 302 g/mol. The van der Waals surface area contributed by atoms with Crippen molar-refractivity contribution in [3.8, 4) is 0 Å². The first-order chi connectivity index (χ1) is 9.70. The highest BCUT2D eigenvalue weighted by Crippen LogP contribution is 2.31. The number of pyridine rings is 1. The maximum Gasteiger partial charge on any atom is 0.433 e. The van der Waals surface area contributed by atoms with Crippen LogP contribution in [0, 0.1) is 0 Å². The van der Waals surface area contributed by atoms with Crippen molar-refractivity contribution in [2.75, 3.05) is 18.0 Å². The number of nitrogens with two attached hydrogens (primary N) is 1. The highest BCUT2D eigenvalue weighted by Gasteiger charge is 2.35. The summed E-state index contributed by atoms with van der Waals surface area (Å²) in [6, 6.07) is 1.86. The topological polar surface area (TPSA) is 71.2 Å². The van der Waals surface area contributed by atoms with E-state index in [0.717, 1.165) is 12.1 Å². The van der Waals surface area contributed by atoms with E-state index in [-0.39, 0.29) is 23.5 Å². The summed E-state index contributed by atoms with van der Waals surface area (Å²) in [5, 5.41) is 3.22. The van der Waals surface area contributed by atoms with Crippen molar-refractivity contribution in [1.82, 2.24) is 10.3 Å². The number of piperazine rings is 1. The number of nitrogens with one attached hydrogen (secondary N) is 1. The molecule has 116 valence electrons. The van der Waals surface area contributed by atoms with Gasteiger partial charge in [0, 0.05) is 25.2 Å². The van der Waals surface area contributed by atoms with Gasteiger partial charge in [-0.05, 0) is 26.0 Å². The fourth-order valence-corrected chi connectivity index (χ4v) is 2.33. The second-order valence-corrected chi connectivity index (χ2v) is 5.24. The zero-order valence-corrected chi connectivity index (χ0v) is 11.7. The molecule has 2 rings (SSSR count). The molecule has 3 N–H and O–H groups in total. The van der Waals surface area contributed by atoms with Gasteiger partial charge in [-0.15, -0.1) is 0 Å². The second-order valence-electron chi connectivity index (χ2n) is 5.24. The molecule has 1 aromatic heterocycles. The number of amides is 1. The van der Waals surface area contributed by atoms with E-state index >= 15 is 0 Å². The first-order valence-corrected chi connectivity index (χ1v) is 6.58. The standard InChI is InChI=1S/C13H17F3N4O/c1-7-6-20(8(2)5-18-7)12-9(11(17)21)3-4-10(19-12)13(14,15)16/h3-4,7-8,18H,5-6H2,1-2H3,(H2,17,21). The average Bonchev–Trinajstić information content (AvgIpc) is 2.39. The smallest absolute Gasteiger partial charge is 0.365 e. The molecular weight excluding hydrogens is 285 g/mol. The minimum atomic E-state index is -4.56. The normalized spacial score (nSPS) is 23.2. The molecule has 1 fully saturated rings. The molecule has 21 heavy (non-hydrogen) atoms. The van der Waals surface area contributed by atoms with Crippen molar-refractivity contribution in [1.29, 1.82) is 0 Å². The summed E-state index contributed by atoms with van der Waals surface area (Å²) in [5.74, 6) is -0.789. The lowest BCUT2D eigenvalue weighted by Crippen LogP contribution is -2.55. The molecular formula is C13H17F3N4O. The van der Waals surface area contributed by atoms with Crippen molar-refractivity contribution in [2.24, 2.45) is 5.73 Å². The van der Waals surface area contributed by atoms with Gasteiger partial charge in [0.1, 0.15) is 11.5 Å². The molecule has 0 aromatic carbocycles. The third-order valence-electron chi connectivity index (χ3n) is 3.47. The molecule has 0 bridgehead atoms. The van der Waals surface area contributed by atoms with Crippen LogP contribution in [0.2, 0.25) is 0 Å². The van der Waals surface area contributed by atoms with Crippen molar-refractivity contribution in [3.63, 3.8) is 0 Å². The molecule has 0 spiro atoms. The molecule has 0 radical (unpaired) electrons. The molecule has 0 saturated carbocycles. The van der Waals surface area contributed by atoms with Gasteiger partial charge in [-0.2, -0.15) is 13.2 Å². The molecule has 5 nitrogen and oxygen atoms in total. The predicted octanol–water partition coefficient (Wildman–Crippen LogP) is 1.39. The Kier molecular flexibility index (Phi) is 4.08. The number of anilines is 1. The van der Waals surface area contributed by atoms with Gasteiger partial charge in [-0.3, -0.25) is 4.79 Å². The number of nitrogens with zero attached hydrogens (tertiary/aromatic N) is 2. The summed E-state index contributed by atoms with van der Waals surface area (Å²) in [6.07, 6.45) is -4.56. The van der Waals surface area contributed by atoms with Gasteiger partial charge in [0.25, 0.3) is 5.91 Å². The summed E-state index contributed by atoms with van der Waals surface area (Å²) in [6.45, 7) is 4.81. The number of primary amides is 1. The maximum absolute atomic E-state index is 12.8. The van der Waals surface area contributed by atoms with Gasteiger partial charge in [0.2, 0.25) is 0 Å². The maximum atomic E-state index is 12.8. The third-order valence-corrected chi connectivity index (χ3v) is 3.47. The fraction of sp³-hybridized carbons (Fsp3) is 0.538. The largest absolute Gasteiger partial charge is 0.433 e. The van der Waals surface area contributed by atoms with E-state index in [0.29, 0.717) is 13.1 Å². The minimum Gasteiger partial charge on any atom is -0.365 e. The quantitative estimate of drug-likeness (QED) is 0.866. The molecule has 2 heterocycles. The number of hydrogen-bond donors (Lipinski definition) is 2. The number of carbonyl (C=O) groups is 1. The lowest BCUT2D eigenvalue weighted by molar-refractivity contribution is -0.141. The van der Waals surface area contributed by atoms with Crippen molar-refractivity contribution < 1.29 is 18.0 Å². The first-order valence-electron chi connectivity index (χ1n) is 6.58. The van der Waals surface area contributed by atoms with E-state index in [4.69, 9.17) is 5.73 Å². The first kappa shape index (κ1) is 15.6. The van der Waals surface area contributed by atoms with Crippen LogP contribution in [0.15, 0.2) is 12.1 Å². The van der Waals surface area contributed by atoms with Gasteiger partial charge in [-0.1, -0.05) is 0 Å². The number of rotatable bonds is 2. The summed E-state index contributed by atoms with van der Waals surface area (Å²) >= 11 is 0. The molecule has 2 unspecified atom stereocenters. The van der Waals surface area contributed by atoms with Crippen molar-refractivity contribution >= 4 is 11.7 Å². The van der Waals surface area contributed by atoms with Crippen molar-refractivity contribution in [2.45, 2.75) is 32.1 Å². The Labute approximate surface area is 120 Å². The fourth-order valence-electron chi connectivity index (χ4n) is 2.33. The van der Waals surface area contributed by atoms with Crippen LogP contribution in [0.3, 0.4) is 0 Å². The average molecular weight is 302 g/mol. The zero-order chi connectivity index (χ0) is 15.8. The van der Waals surface area contributed by atoms with Gasteiger partial charge in [0.15, 0.2) is 0 Å². The van der Waals surface area contributed by atoms with Crippen LogP contribution < -0.4 is 16.0 Å². The Balaban J connectivity index is 2.50. The van der Waals surface area contributed by atoms with Crippen LogP contribution in [0.4, 0.5) is 19.0 Å². The second kappa shape index (κ2) is 5.51. The van der Waals surface area contributed by atoms with Crippen LogP contribution in [0.5, 0.6) is 0 Å². The molecule has 2 atom stereocenters. The Bertz CT molecular complexity index is 547. The summed E-state index contributed by atoms with van der Waals surface area (Å²) < 4.78 is 38.5. The number of aromatic nitrogens is 1. The summed E-state index contributed by atoms with van der Waals surface area (Å²) in [7, 11) is 0. The Morgan fingerprint density at radius 1 is 1.43 bits per heavy atom. The summed E-state index contributed by atoms with van der Waals surface area (Å²) in [5.41, 5.74) is 4.23. The molecule has 1 amide bonds. The minimum absolute atomic E-state index is 0.00169. The molecule has 1 saturated heterocycles. The molecule has 1 aliphatic heterocycles. The van der Waals surface area contributed by atoms with E-state index in [1.54, 1.807) is 4.90 Å². The van der Waals surface area contributed by atoms with E-state index in [2.05, 4.69) is 10.3 Å². The highest BCUT2D eigenvalue weighted by molar-refractivity contribution is 5.97. The zero-order valence-electron chi connectivity index (χ0n) is 11.7. The van der Waals surface area contributed by atoms with Crippen LogP contribution in [0.25, 0.3) is 0 Å². The third kappa shape index (κ3) is 3.26. The lowest BCUT2D eigenvalue weighted by Gasteiger charge is -2.39.